The fraction of sp³-hybridized carbons (Fsp3) is 0.417. The third-order valence-electron chi connectivity index (χ3n) is 6.49. The predicted octanol–water partition coefficient (Wildman–Crippen LogP) is 2.78. The minimum atomic E-state index is -3.95. The molecular weight excluding hydrogens is 442 g/mol. The van der Waals surface area contributed by atoms with E-state index in [0.717, 1.165) is 25.7 Å². The average molecular weight is 470 g/mol. The van der Waals surface area contributed by atoms with Gasteiger partial charge in [-0.1, -0.05) is 12.1 Å². The first-order valence-electron chi connectivity index (χ1n) is 11.4. The van der Waals surface area contributed by atoms with Crippen molar-refractivity contribution in [1.29, 1.82) is 0 Å². The van der Waals surface area contributed by atoms with Gasteiger partial charge < -0.3 is 14.5 Å². The molecule has 2 aromatic rings. The summed E-state index contributed by atoms with van der Waals surface area (Å²) in [5.74, 6) is 0.251. The standard InChI is InChI=1S/C24H27N3O5S/c28-23-9-6-16-26(23)18-10-12-19(13-11-18)33(30,31)27-17-22(24(29)25-14-4-1-5-15-25)32-21-8-3-2-7-20(21)27/h2-3,7-8,10-13,22H,1,4-6,9,14-17H2/t22-/m0/s1. The number of benzene rings is 2. The Bertz CT molecular complexity index is 1160. The predicted molar refractivity (Wildman–Crippen MR) is 124 cm³/mol. The van der Waals surface area contributed by atoms with Crippen LogP contribution in [0.2, 0.25) is 0 Å². The second kappa shape index (κ2) is 8.70. The highest BCUT2D eigenvalue weighted by Crippen LogP contribution is 2.37. The summed E-state index contributed by atoms with van der Waals surface area (Å²) in [4.78, 5) is 28.7. The lowest BCUT2D eigenvalue weighted by atomic mass is 10.1. The minimum absolute atomic E-state index is 0.0479. The molecule has 0 spiro atoms. The zero-order valence-electron chi connectivity index (χ0n) is 18.4. The van der Waals surface area contributed by atoms with E-state index in [9.17, 15) is 18.0 Å². The Hall–Kier alpha value is -3.07. The van der Waals surface area contributed by atoms with Gasteiger partial charge in [0.05, 0.1) is 17.1 Å². The van der Waals surface area contributed by atoms with Crippen LogP contribution in [0.3, 0.4) is 0 Å². The summed E-state index contributed by atoms with van der Waals surface area (Å²) in [5.41, 5.74) is 1.11. The summed E-state index contributed by atoms with van der Waals surface area (Å²) in [7, 11) is -3.95. The molecule has 2 saturated heterocycles. The molecule has 2 fully saturated rings. The Kier molecular flexibility index (Phi) is 5.74. The average Bonchev–Trinajstić information content (AvgIpc) is 3.29. The van der Waals surface area contributed by atoms with Gasteiger partial charge in [0.1, 0.15) is 5.75 Å². The van der Waals surface area contributed by atoms with Gasteiger partial charge in [-0.3, -0.25) is 13.9 Å². The van der Waals surface area contributed by atoms with Gasteiger partial charge in [-0.2, -0.15) is 0 Å². The van der Waals surface area contributed by atoms with Crippen LogP contribution in [0.4, 0.5) is 11.4 Å². The van der Waals surface area contributed by atoms with Crippen LogP contribution in [0, 0.1) is 0 Å². The first-order valence-corrected chi connectivity index (χ1v) is 12.9. The minimum Gasteiger partial charge on any atom is -0.476 e. The van der Waals surface area contributed by atoms with Gasteiger partial charge in [0.2, 0.25) is 5.91 Å². The smallest absolute Gasteiger partial charge is 0.265 e. The lowest BCUT2D eigenvalue weighted by Crippen LogP contribution is -2.52. The molecule has 9 heteroatoms. The summed E-state index contributed by atoms with van der Waals surface area (Å²) in [6, 6.07) is 13.3. The third kappa shape index (κ3) is 4.06. The maximum Gasteiger partial charge on any atom is 0.265 e. The van der Waals surface area contributed by atoms with Crippen LogP contribution in [-0.4, -0.2) is 57.4 Å². The summed E-state index contributed by atoms with van der Waals surface area (Å²) in [6.07, 6.45) is 3.41. The molecule has 0 bridgehead atoms. The van der Waals surface area contributed by atoms with Gasteiger partial charge in [-0.05, 0) is 62.1 Å². The molecule has 0 saturated carbocycles. The number of rotatable bonds is 4. The lowest BCUT2D eigenvalue weighted by molar-refractivity contribution is -0.139. The normalized spacial score (nSPS) is 21.0. The van der Waals surface area contributed by atoms with Gasteiger partial charge in [0, 0.05) is 31.7 Å². The summed E-state index contributed by atoms with van der Waals surface area (Å²) < 4.78 is 34.5. The summed E-state index contributed by atoms with van der Waals surface area (Å²) >= 11 is 0. The topological polar surface area (TPSA) is 87.2 Å². The Morgan fingerprint density at radius 1 is 0.909 bits per heavy atom. The van der Waals surface area contributed by atoms with Crippen molar-refractivity contribution >= 4 is 33.2 Å². The number of anilines is 2. The van der Waals surface area contributed by atoms with E-state index in [0.29, 0.717) is 43.2 Å². The third-order valence-corrected chi connectivity index (χ3v) is 8.28. The van der Waals surface area contributed by atoms with Crippen LogP contribution >= 0.6 is 0 Å². The highest BCUT2D eigenvalue weighted by molar-refractivity contribution is 7.92. The first kappa shape index (κ1) is 21.8. The van der Waals surface area contributed by atoms with E-state index in [-0.39, 0.29) is 23.3 Å². The second-order valence-electron chi connectivity index (χ2n) is 8.64. The second-order valence-corrected chi connectivity index (χ2v) is 10.5. The largest absolute Gasteiger partial charge is 0.476 e. The molecular formula is C24H27N3O5S. The molecule has 0 aromatic heterocycles. The van der Waals surface area contributed by atoms with Crippen LogP contribution in [-0.2, 0) is 19.6 Å². The molecule has 5 rings (SSSR count). The number of sulfonamides is 1. The molecule has 0 unspecified atom stereocenters. The van der Waals surface area contributed by atoms with Crippen molar-refractivity contribution in [1.82, 2.24) is 4.90 Å². The molecule has 3 aliphatic heterocycles. The van der Waals surface area contributed by atoms with E-state index in [2.05, 4.69) is 0 Å². The van der Waals surface area contributed by atoms with Crippen molar-refractivity contribution in [2.24, 2.45) is 0 Å². The lowest BCUT2D eigenvalue weighted by Gasteiger charge is -2.37. The SMILES string of the molecule is O=C([C@@H]1CN(S(=O)(=O)c2ccc(N3CCCC3=O)cc2)c2ccccc2O1)N1CCCCC1. The number of carbonyl (C=O) groups excluding carboxylic acids is 2. The Balaban J connectivity index is 1.44. The van der Waals surface area contributed by atoms with E-state index in [1.807, 2.05) is 0 Å². The van der Waals surface area contributed by atoms with Crippen LogP contribution in [0.25, 0.3) is 0 Å². The molecule has 0 radical (unpaired) electrons. The zero-order valence-corrected chi connectivity index (χ0v) is 19.2. The van der Waals surface area contributed by atoms with Crippen molar-refractivity contribution in [3.63, 3.8) is 0 Å². The fourth-order valence-electron chi connectivity index (χ4n) is 4.72. The molecule has 0 N–H and O–H groups in total. The quantitative estimate of drug-likeness (QED) is 0.687. The molecule has 33 heavy (non-hydrogen) atoms. The Morgan fingerprint density at radius 3 is 2.33 bits per heavy atom. The van der Waals surface area contributed by atoms with Gasteiger partial charge in [-0.25, -0.2) is 8.42 Å². The molecule has 2 amide bonds. The molecule has 174 valence electrons. The van der Waals surface area contributed by atoms with Crippen LogP contribution in [0.5, 0.6) is 5.75 Å². The summed E-state index contributed by atoms with van der Waals surface area (Å²) in [5, 5.41) is 0. The molecule has 1 atom stereocenters. The van der Waals surface area contributed by atoms with Gasteiger partial charge in [0.25, 0.3) is 15.9 Å². The highest BCUT2D eigenvalue weighted by atomic mass is 32.2. The van der Waals surface area contributed by atoms with E-state index >= 15 is 0 Å². The zero-order chi connectivity index (χ0) is 23.0. The molecule has 8 nitrogen and oxygen atoms in total. The number of amides is 2. The van der Waals surface area contributed by atoms with Gasteiger partial charge in [-0.15, -0.1) is 0 Å². The van der Waals surface area contributed by atoms with Crippen LogP contribution < -0.4 is 13.9 Å². The molecule has 2 aromatic carbocycles. The number of fused-ring (bicyclic) bond motifs is 1. The van der Waals surface area contributed by atoms with E-state index < -0.39 is 16.1 Å². The highest BCUT2D eigenvalue weighted by Gasteiger charge is 2.39. The number of carbonyl (C=O) groups is 2. The number of nitrogens with zero attached hydrogens (tertiary/aromatic N) is 3. The molecule has 3 heterocycles. The van der Waals surface area contributed by atoms with Crippen molar-refractivity contribution < 1.29 is 22.7 Å². The van der Waals surface area contributed by atoms with Gasteiger partial charge >= 0.3 is 0 Å². The van der Waals surface area contributed by atoms with Crippen molar-refractivity contribution in [2.45, 2.75) is 43.1 Å². The van der Waals surface area contributed by atoms with Crippen molar-refractivity contribution in [3.8, 4) is 5.75 Å². The van der Waals surface area contributed by atoms with E-state index in [4.69, 9.17) is 4.74 Å². The fourth-order valence-corrected chi connectivity index (χ4v) is 6.20. The first-order chi connectivity index (χ1) is 15.9. The maximum atomic E-state index is 13.7. The van der Waals surface area contributed by atoms with E-state index in [1.54, 1.807) is 46.2 Å². The number of ether oxygens (including phenoxy) is 1. The summed E-state index contributed by atoms with van der Waals surface area (Å²) in [6.45, 7) is 1.90. The number of para-hydroxylation sites is 2. The van der Waals surface area contributed by atoms with Gasteiger partial charge in [0.15, 0.2) is 6.10 Å². The number of piperidine rings is 1. The number of likely N-dealkylation sites (tertiary alicyclic amines) is 1. The van der Waals surface area contributed by atoms with Crippen LogP contribution in [0.1, 0.15) is 32.1 Å². The maximum absolute atomic E-state index is 13.7. The Labute approximate surface area is 193 Å². The number of hydrogen-bond donors (Lipinski definition) is 0. The van der Waals surface area contributed by atoms with Crippen LogP contribution in [0.15, 0.2) is 53.4 Å². The Morgan fingerprint density at radius 2 is 1.64 bits per heavy atom. The van der Waals surface area contributed by atoms with Crippen molar-refractivity contribution in [2.75, 3.05) is 35.4 Å². The molecule has 0 aliphatic carbocycles. The van der Waals surface area contributed by atoms with E-state index in [1.165, 1.54) is 16.4 Å². The molecule has 3 aliphatic rings. The monoisotopic (exact) mass is 469 g/mol. The number of hydrogen-bond acceptors (Lipinski definition) is 5. The van der Waals surface area contributed by atoms with Crippen molar-refractivity contribution in [3.05, 3.63) is 48.5 Å².